The van der Waals surface area contributed by atoms with Crippen LogP contribution in [-0.2, 0) is 17.8 Å². The van der Waals surface area contributed by atoms with Crippen LogP contribution >= 0.6 is 0 Å². The molecule has 0 unspecified atom stereocenters. The molecule has 2 aromatic rings. The van der Waals surface area contributed by atoms with E-state index in [4.69, 9.17) is 4.74 Å². The highest BCUT2D eigenvalue weighted by Gasteiger charge is 2.26. The SMILES string of the molecule is COc1cccc(CN(CCc2ccc(F)cc2)C(=O)[C@H]2CCCN2)c1. The number of nitrogens with one attached hydrogen (secondary N) is 1. The fraction of sp³-hybridized carbons (Fsp3) is 0.381. The minimum Gasteiger partial charge on any atom is -0.497 e. The predicted molar refractivity (Wildman–Crippen MR) is 99.5 cm³/mol. The number of methoxy groups -OCH3 is 1. The van der Waals surface area contributed by atoms with Gasteiger partial charge in [-0.05, 0) is 61.2 Å². The van der Waals surface area contributed by atoms with E-state index >= 15 is 0 Å². The number of hydrogen-bond acceptors (Lipinski definition) is 3. The van der Waals surface area contributed by atoms with Crippen LogP contribution in [0.2, 0.25) is 0 Å². The van der Waals surface area contributed by atoms with Gasteiger partial charge in [-0.15, -0.1) is 0 Å². The summed E-state index contributed by atoms with van der Waals surface area (Å²) in [5, 5.41) is 3.29. The van der Waals surface area contributed by atoms with E-state index in [1.165, 1.54) is 12.1 Å². The van der Waals surface area contributed by atoms with E-state index in [1.807, 2.05) is 29.2 Å². The summed E-state index contributed by atoms with van der Waals surface area (Å²) < 4.78 is 18.4. The molecule has 4 nitrogen and oxygen atoms in total. The lowest BCUT2D eigenvalue weighted by Crippen LogP contribution is -2.44. The van der Waals surface area contributed by atoms with Gasteiger partial charge < -0.3 is 15.0 Å². The second-order valence-corrected chi connectivity index (χ2v) is 6.64. The van der Waals surface area contributed by atoms with E-state index in [2.05, 4.69) is 5.32 Å². The fourth-order valence-electron chi connectivity index (χ4n) is 3.29. The van der Waals surface area contributed by atoms with Gasteiger partial charge in [-0.2, -0.15) is 0 Å². The maximum Gasteiger partial charge on any atom is 0.240 e. The average molecular weight is 356 g/mol. The van der Waals surface area contributed by atoms with Crippen LogP contribution in [0.1, 0.15) is 24.0 Å². The number of hydrogen-bond donors (Lipinski definition) is 1. The van der Waals surface area contributed by atoms with E-state index in [1.54, 1.807) is 19.2 Å². The highest BCUT2D eigenvalue weighted by atomic mass is 19.1. The molecule has 0 radical (unpaired) electrons. The molecule has 1 N–H and O–H groups in total. The van der Waals surface area contributed by atoms with Gasteiger partial charge in [-0.1, -0.05) is 24.3 Å². The van der Waals surface area contributed by atoms with Crippen LogP contribution in [0, 0.1) is 5.82 Å². The van der Waals surface area contributed by atoms with Crippen molar-refractivity contribution in [2.75, 3.05) is 20.2 Å². The Morgan fingerprint density at radius 3 is 2.73 bits per heavy atom. The van der Waals surface area contributed by atoms with Crippen molar-refractivity contribution in [3.05, 3.63) is 65.5 Å². The zero-order valence-electron chi connectivity index (χ0n) is 15.1. The van der Waals surface area contributed by atoms with Gasteiger partial charge in [-0.25, -0.2) is 4.39 Å². The lowest BCUT2D eigenvalue weighted by molar-refractivity contribution is -0.133. The lowest BCUT2D eigenvalue weighted by atomic mass is 10.1. The monoisotopic (exact) mass is 356 g/mol. The van der Waals surface area contributed by atoms with Crippen molar-refractivity contribution in [3.8, 4) is 5.75 Å². The molecular weight excluding hydrogens is 331 g/mol. The molecule has 1 aliphatic heterocycles. The Bertz CT molecular complexity index is 727. The molecule has 0 spiro atoms. The van der Waals surface area contributed by atoms with Crippen molar-refractivity contribution in [1.82, 2.24) is 10.2 Å². The van der Waals surface area contributed by atoms with Crippen LogP contribution in [0.3, 0.4) is 0 Å². The van der Waals surface area contributed by atoms with E-state index in [-0.39, 0.29) is 17.8 Å². The van der Waals surface area contributed by atoms with Gasteiger partial charge in [0.05, 0.1) is 13.2 Å². The Labute approximate surface area is 154 Å². The summed E-state index contributed by atoms with van der Waals surface area (Å²) in [4.78, 5) is 14.8. The number of carbonyl (C=O) groups is 1. The molecule has 1 heterocycles. The number of halogens is 1. The van der Waals surface area contributed by atoms with Crippen LogP contribution in [0.5, 0.6) is 5.75 Å². The smallest absolute Gasteiger partial charge is 0.240 e. The van der Waals surface area contributed by atoms with E-state index in [9.17, 15) is 9.18 Å². The summed E-state index contributed by atoms with van der Waals surface area (Å²) >= 11 is 0. The minimum atomic E-state index is -0.242. The molecule has 0 saturated carbocycles. The van der Waals surface area contributed by atoms with Gasteiger partial charge in [0.1, 0.15) is 11.6 Å². The third-order valence-electron chi connectivity index (χ3n) is 4.76. The largest absolute Gasteiger partial charge is 0.497 e. The quantitative estimate of drug-likeness (QED) is 0.829. The first kappa shape index (κ1) is 18.4. The molecule has 1 saturated heterocycles. The van der Waals surface area contributed by atoms with Crippen molar-refractivity contribution >= 4 is 5.91 Å². The van der Waals surface area contributed by atoms with Crippen molar-refractivity contribution in [2.45, 2.75) is 31.8 Å². The van der Waals surface area contributed by atoms with Crippen LogP contribution in [0.25, 0.3) is 0 Å². The topological polar surface area (TPSA) is 41.6 Å². The molecule has 3 rings (SSSR count). The van der Waals surface area contributed by atoms with Crippen LogP contribution in [0.4, 0.5) is 4.39 Å². The third-order valence-corrected chi connectivity index (χ3v) is 4.76. The first-order chi connectivity index (χ1) is 12.7. The number of ether oxygens (including phenoxy) is 1. The van der Waals surface area contributed by atoms with Gasteiger partial charge in [0.25, 0.3) is 0 Å². The molecule has 0 bridgehead atoms. The Hall–Kier alpha value is -2.40. The summed E-state index contributed by atoms with van der Waals surface area (Å²) in [7, 11) is 1.64. The molecule has 2 aromatic carbocycles. The van der Waals surface area contributed by atoms with Crippen molar-refractivity contribution in [2.24, 2.45) is 0 Å². The van der Waals surface area contributed by atoms with E-state index < -0.39 is 0 Å². The molecule has 1 amide bonds. The number of carbonyl (C=O) groups excluding carboxylic acids is 1. The van der Waals surface area contributed by atoms with Gasteiger partial charge in [0.15, 0.2) is 0 Å². The molecule has 26 heavy (non-hydrogen) atoms. The molecule has 0 aromatic heterocycles. The van der Waals surface area contributed by atoms with Crippen molar-refractivity contribution in [1.29, 1.82) is 0 Å². The molecule has 1 aliphatic rings. The van der Waals surface area contributed by atoms with Crippen molar-refractivity contribution in [3.63, 3.8) is 0 Å². The number of rotatable bonds is 7. The second-order valence-electron chi connectivity index (χ2n) is 6.64. The summed E-state index contributed by atoms with van der Waals surface area (Å²) in [5.41, 5.74) is 2.06. The zero-order chi connectivity index (χ0) is 18.4. The molecule has 138 valence electrons. The van der Waals surface area contributed by atoms with Gasteiger partial charge >= 0.3 is 0 Å². The Morgan fingerprint density at radius 1 is 1.23 bits per heavy atom. The Morgan fingerprint density at radius 2 is 2.04 bits per heavy atom. The molecule has 1 atom stereocenters. The first-order valence-electron chi connectivity index (χ1n) is 9.05. The first-order valence-corrected chi connectivity index (χ1v) is 9.05. The second kappa shape index (κ2) is 8.81. The van der Waals surface area contributed by atoms with Crippen molar-refractivity contribution < 1.29 is 13.9 Å². The summed E-state index contributed by atoms with van der Waals surface area (Å²) in [6.45, 7) is 2.02. The summed E-state index contributed by atoms with van der Waals surface area (Å²) in [6.07, 6.45) is 2.61. The van der Waals surface area contributed by atoms with E-state index in [0.717, 1.165) is 36.3 Å². The standard InChI is InChI=1S/C21H25FN2O2/c1-26-19-5-2-4-17(14-19)15-24(21(25)20-6-3-12-23-20)13-11-16-7-9-18(22)10-8-16/h2,4-5,7-10,14,20,23H,3,6,11-13,15H2,1H3/t20-/m1/s1. The molecular formula is C21H25FN2O2. The number of amides is 1. The summed E-state index contributed by atoms with van der Waals surface area (Å²) in [5.74, 6) is 0.674. The normalized spacial score (nSPS) is 16.5. The van der Waals surface area contributed by atoms with Crippen LogP contribution in [-0.4, -0.2) is 37.0 Å². The molecule has 1 fully saturated rings. The van der Waals surface area contributed by atoms with Crippen LogP contribution < -0.4 is 10.1 Å². The highest BCUT2D eigenvalue weighted by molar-refractivity contribution is 5.82. The van der Waals surface area contributed by atoms with Crippen LogP contribution in [0.15, 0.2) is 48.5 Å². The fourth-order valence-corrected chi connectivity index (χ4v) is 3.29. The molecule has 0 aliphatic carbocycles. The Balaban J connectivity index is 1.71. The summed E-state index contributed by atoms with van der Waals surface area (Å²) in [6, 6.07) is 14.2. The number of nitrogens with zero attached hydrogens (tertiary/aromatic N) is 1. The average Bonchev–Trinajstić information content (AvgIpc) is 3.21. The van der Waals surface area contributed by atoms with Gasteiger partial charge in [0, 0.05) is 13.1 Å². The maximum atomic E-state index is 13.1. The third kappa shape index (κ3) is 4.82. The van der Waals surface area contributed by atoms with Gasteiger partial charge in [-0.3, -0.25) is 4.79 Å². The zero-order valence-corrected chi connectivity index (χ0v) is 15.1. The lowest BCUT2D eigenvalue weighted by Gasteiger charge is -2.26. The Kier molecular flexibility index (Phi) is 6.23. The predicted octanol–water partition coefficient (Wildman–Crippen LogP) is 3.16. The number of benzene rings is 2. The maximum absolute atomic E-state index is 13.1. The minimum absolute atomic E-state index is 0.103. The molecule has 5 heteroatoms. The van der Waals surface area contributed by atoms with E-state index in [0.29, 0.717) is 19.5 Å². The highest BCUT2D eigenvalue weighted by Crippen LogP contribution is 2.17. The van der Waals surface area contributed by atoms with Gasteiger partial charge in [0.2, 0.25) is 5.91 Å².